The third kappa shape index (κ3) is 3.54. The van der Waals surface area contributed by atoms with E-state index < -0.39 is 0 Å². The SMILES string of the molecule is C[C@H]1CCc2sc(-c3nnc(S[C@H](C)c4nnc(-c5cccs5)o4)o3)cc2C1. The van der Waals surface area contributed by atoms with Crippen LogP contribution in [0.5, 0.6) is 0 Å². The zero-order valence-electron chi connectivity index (χ0n) is 15.4. The van der Waals surface area contributed by atoms with E-state index >= 15 is 0 Å². The Bertz CT molecular complexity index is 1080. The smallest absolute Gasteiger partial charge is 0.277 e. The fourth-order valence-corrected chi connectivity index (χ4v) is 5.76. The van der Waals surface area contributed by atoms with Crippen LogP contribution in [0.4, 0.5) is 0 Å². The van der Waals surface area contributed by atoms with Gasteiger partial charge < -0.3 is 8.83 Å². The molecule has 0 unspecified atom stereocenters. The van der Waals surface area contributed by atoms with Gasteiger partial charge in [-0.2, -0.15) is 0 Å². The van der Waals surface area contributed by atoms with Crippen molar-refractivity contribution in [1.29, 1.82) is 0 Å². The summed E-state index contributed by atoms with van der Waals surface area (Å²) in [6, 6.07) is 6.14. The molecule has 0 fully saturated rings. The van der Waals surface area contributed by atoms with Crippen molar-refractivity contribution in [2.24, 2.45) is 5.92 Å². The molecule has 1 aliphatic carbocycles. The molecular formula is C19H18N4O2S3. The highest BCUT2D eigenvalue weighted by molar-refractivity contribution is 7.99. The first-order chi connectivity index (χ1) is 13.7. The van der Waals surface area contributed by atoms with Crippen molar-refractivity contribution in [2.75, 3.05) is 0 Å². The lowest BCUT2D eigenvalue weighted by Gasteiger charge is -2.16. The van der Waals surface area contributed by atoms with Gasteiger partial charge in [-0.05, 0) is 55.2 Å². The normalized spacial score (nSPS) is 17.6. The molecule has 2 atom stereocenters. The van der Waals surface area contributed by atoms with Gasteiger partial charge in [0, 0.05) is 4.88 Å². The summed E-state index contributed by atoms with van der Waals surface area (Å²) in [5, 5.41) is 19.2. The topological polar surface area (TPSA) is 77.8 Å². The Labute approximate surface area is 174 Å². The number of thioether (sulfide) groups is 1. The Hall–Kier alpha value is -1.97. The van der Waals surface area contributed by atoms with Crippen LogP contribution in [0.1, 0.15) is 41.8 Å². The van der Waals surface area contributed by atoms with Crippen LogP contribution in [0, 0.1) is 5.92 Å². The molecule has 0 amide bonds. The highest BCUT2D eigenvalue weighted by atomic mass is 32.2. The van der Waals surface area contributed by atoms with Crippen LogP contribution in [-0.4, -0.2) is 20.4 Å². The van der Waals surface area contributed by atoms with Gasteiger partial charge in [-0.3, -0.25) is 0 Å². The van der Waals surface area contributed by atoms with Crippen molar-refractivity contribution in [2.45, 2.75) is 43.6 Å². The van der Waals surface area contributed by atoms with Gasteiger partial charge >= 0.3 is 0 Å². The summed E-state index contributed by atoms with van der Waals surface area (Å²) in [6.07, 6.45) is 3.55. The predicted molar refractivity (Wildman–Crippen MR) is 111 cm³/mol. The zero-order valence-corrected chi connectivity index (χ0v) is 17.9. The second kappa shape index (κ2) is 7.46. The standard InChI is InChI=1S/C19H18N4O2S3/c1-10-5-6-13-12(8-10)9-15(28-13)18-22-23-19(25-18)27-11(2)16-20-21-17(24-16)14-4-3-7-26-14/h3-4,7,9-11H,5-6,8H2,1-2H3/t10-,11+/m0/s1. The molecule has 9 heteroatoms. The van der Waals surface area contributed by atoms with Crippen molar-refractivity contribution in [3.63, 3.8) is 0 Å². The highest BCUT2D eigenvalue weighted by Crippen LogP contribution is 2.39. The van der Waals surface area contributed by atoms with Crippen molar-refractivity contribution >= 4 is 34.4 Å². The largest absolute Gasteiger partial charge is 0.419 e. The van der Waals surface area contributed by atoms with Crippen LogP contribution in [0.2, 0.25) is 0 Å². The Balaban J connectivity index is 1.30. The van der Waals surface area contributed by atoms with Crippen LogP contribution in [0.3, 0.4) is 0 Å². The Morgan fingerprint density at radius 2 is 2.00 bits per heavy atom. The van der Waals surface area contributed by atoms with Gasteiger partial charge in [0.25, 0.3) is 17.0 Å². The molecule has 28 heavy (non-hydrogen) atoms. The molecule has 0 N–H and O–H groups in total. The van der Waals surface area contributed by atoms with E-state index in [9.17, 15) is 0 Å². The molecule has 144 valence electrons. The minimum Gasteiger partial charge on any atom is -0.419 e. The number of aromatic nitrogens is 4. The maximum atomic E-state index is 5.91. The van der Waals surface area contributed by atoms with Crippen LogP contribution < -0.4 is 0 Å². The van der Waals surface area contributed by atoms with E-state index in [1.165, 1.54) is 28.6 Å². The Kier molecular flexibility index (Phi) is 4.82. The lowest BCUT2D eigenvalue weighted by molar-refractivity contribution is 0.462. The first-order valence-electron chi connectivity index (χ1n) is 9.15. The van der Waals surface area contributed by atoms with Crippen molar-refractivity contribution in [3.8, 4) is 21.5 Å². The third-order valence-corrected chi connectivity index (χ3v) is 7.75. The number of aryl methyl sites for hydroxylation is 1. The number of fused-ring (bicyclic) bond motifs is 1. The molecule has 1 aliphatic rings. The lowest BCUT2D eigenvalue weighted by atomic mass is 9.90. The minimum absolute atomic E-state index is 0.0769. The summed E-state index contributed by atoms with van der Waals surface area (Å²) >= 11 is 4.78. The molecule has 0 aromatic carbocycles. The van der Waals surface area contributed by atoms with Gasteiger partial charge in [0.05, 0.1) is 15.0 Å². The summed E-state index contributed by atoms with van der Waals surface area (Å²) in [7, 11) is 0. The Morgan fingerprint density at radius 3 is 2.86 bits per heavy atom. The van der Waals surface area contributed by atoms with Gasteiger partial charge in [-0.15, -0.1) is 43.1 Å². The molecule has 0 spiro atoms. The van der Waals surface area contributed by atoms with Crippen molar-refractivity contribution < 1.29 is 8.83 Å². The molecule has 4 aromatic rings. The first-order valence-corrected chi connectivity index (χ1v) is 11.7. The molecule has 0 aliphatic heterocycles. The van der Waals surface area contributed by atoms with Gasteiger partial charge in [-0.25, -0.2) is 0 Å². The molecule has 0 bridgehead atoms. The first kappa shape index (κ1) is 18.1. The predicted octanol–water partition coefficient (Wildman–Crippen LogP) is 5.89. The minimum atomic E-state index is -0.0769. The molecule has 0 saturated carbocycles. The highest BCUT2D eigenvalue weighted by Gasteiger charge is 2.23. The lowest BCUT2D eigenvalue weighted by Crippen LogP contribution is -2.07. The second-order valence-electron chi connectivity index (χ2n) is 6.96. The monoisotopic (exact) mass is 430 g/mol. The third-order valence-electron chi connectivity index (χ3n) is 4.74. The summed E-state index contributed by atoms with van der Waals surface area (Å²) < 4.78 is 11.7. The molecule has 0 radical (unpaired) electrons. The van der Waals surface area contributed by atoms with Gasteiger partial charge in [0.15, 0.2) is 0 Å². The average molecular weight is 431 g/mol. The Morgan fingerprint density at radius 1 is 1.14 bits per heavy atom. The number of rotatable bonds is 5. The summed E-state index contributed by atoms with van der Waals surface area (Å²) in [5.74, 6) is 2.43. The fraction of sp³-hybridized carbons (Fsp3) is 0.368. The van der Waals surface area contributed by atoms with Crippen LogP contribution in [0.25, 0.3) is 21.5 Å². The summed E-state index contributed by atoms with van der Waals surface area (Å²) in [6.45, 7) is 4.30. The zero-order chi connectivity index (χ0) is 19.1. The number of hydrogen-bond acceptors (Lipinski definition) is 9. The van der Waals surface area contributed by atoms with E-state index in [0.29, 0.717) is 22.9 Å². The quantitative estimate of drug-likeness (QED) is 0.365. The maximum absolute atomic E-state index is 5.91. The molecule has 6 nitrogen and oxygen atoms in total. The van der Waals surface area contributed by atoms with Gasteiger partial charge in [0.1, 0.15) is 0 Å². The molecule has 4 aromatic heterocycles. The van der Waals surface area contributed by atoms with Crippen LogP contribution >= 0.6 is 34.4 Å². The molecule has 0 saturated heterocycles. The summed E-state index contributed by atoms with van der Waals surface area (Å²) in [5.41, 5.74) is 1.44. The van der Waals surface area contributed by atoms with Gasteiger partial charge in [0.2, 0.25) is 5.89 Å². The number of thiophene rings is 2. The molecular weight excluding hydrogens is 412 g/mol. The van der Waals surface area contributed by atoms with E-state index in [-0.39, 0.29) is 5.25 Å². The maximum Gasteiger partial charge on any atom is 0.277 e. The summed E-state index contributed by atoms with van der Waals surface area (Å²) in [4.78, 5) is 3.48. The molecule has 4 heterocycles. The van der Waals surface area contributed by atoms with Crippen LogP contribution in [0.15, 0.2) is 37.6 Å². The van der Waals surface area contributed by atoms with Gasteiger partial charge in [-0.1, -0.05) is 24.8 Å². The second-order valence-corrected chi connectivity index (χ2v) is 10.3. The molecule has 5 rings (SSSR count). The number of nitrogens with zero attached hydrogens (tertiary/aromatic N) is 4. The van der Waals surface area contributed by atoms with E-state index in [0.717, 1.165) is 28.5 Å². The van der Waals surface area contributed by atoms with Crippen molar-refractivity contribution in [3.05, 3.63) is 39.9 Å². The fourth-order valence-electron chi connectivity index (χ4n) is 3.27. The number of hydrogen-bond donors (Lipinski definition) is 0. The average Bonchev–Trinajstić information content (AvgIpc) is 3.45. The van der Waals surface area contributed by atoms with E-state index in [1.54, 1.807) is 22.7 Å². The van der Waals surface area contributed by atoms with E-state index in [2.05, 4.69) is 33.4 Å². The van der Waals surface area contributed by atoms with Crippen molar-refractivity contribution in [1.82, 2.24) is 20.4 Å². The van der Waals surface area contributed by atoms with Crippen LogP contribution in [-0.2, 0) is 12.8 Å². The van der Waals surface area contributed by atoms with E-state index in [4.69, 9.17) is 8.83 Å². The van der Waals surface area contributed by atoms with E-state index in [1.807, 2.05) is 24.4 Å².